The molecule has 108 valence electrons. The van der Waals surface area contributed by atoms with Crippen molar-refractivity contribution in [3.8, 4) is 0 Å². The van der Waals surface area contributed by atoms with Crippen molar-refractivity contribution in [3.05, 3.63) is 12.7 Å². The van der Waals surface area contributed by atoms with E-state index in [0.717, 1.165) is 26.3 Å². The van der Waals surface area contributed by atoms with E-state index in [1.54, 1.807) is 0 Å². The van der Waals surface area contributed by atoms with Crippen LogP contribution < -0.4 is 5.32 Å². The zero-order chi connectivity index (χ0) is 13.3. The molecule has 0 radical (unpaired) electrons. The molecule has 0 amide bonds. The summed E-state index contributed by atoms with van der Waals surface area (Å²) in [7, 11) is 0. The van der Waals surface area contributed by atoms with E-state index in [1.807, 2.05) is 6.08 Å². The van der Waals surface area contributed by atoms with Gasteiger partial charge in [-0.3, -0.25) is 0 Å². The third kappa shape index (κ3) is 15.7. The largest absolute Gasteiger partial charge is 0.380 e. The van der Waals surface area contributed by atoms with E-state index in [-0.39, 0.29) is 0 Å². The summed E-state index contributed by atoms with van der Waals surface area (Å²) in [5, 5.41) is 3.23. The highest BCUT2D eigenvalue weighted by Gasteiger charge is 1.92. The molecule has 0 aliphatic heterocycles. The molecule has 0 fully saturated rings. The summed E-state index contributed by atoms with van der Waals surface area (Å²) in [6.45, 7) is 9.48. The topological polar surface area (TPSA) is 21.3 Å². The number of unbranched alkanes of at least 4 members (excludes halogenated alkanes) is 8. The molecule has 0 atom stereocenters. The van der Waals surface area contributed by atoms with Crippen LogP contribution >= 0.6 is 0 Å². The summed E-state index contributed by atoms with van der Waals surface area (Å²) in [4.78, 5) is 0. The third-order valence-electron chi connectivity index (χ3n) is 3.10. The maximum absolute atomic E-state index is 5.54. The minimum Gasteiger partial charge on any atom is -0.380 e. The van der Waals surface area contributed by atoms with E-state index in [0.29, 0.717) is 0 Å². The van der Waals surface area contributed by atoms with Crippen molar-refractivity contribution >= 4 is 0 Å². The van der Waals surface area contributed by atoms with Crippen LogP contribution in [0.25, 0.3) is 0 Å². The summed E-state index contributed by atoms with van der Waals surface area (Å²) >= 11 is 0. The van der Waals surface area contributed by atoms with Gasteiger partial charge in [-0.2, -0.15) is 0 Å². The minimum absolute atomic E-state index is 0.824. The fourth-order valence-electron chi connectivity index (χ4n) is 1.97. The van der Waals surface area contributed by atoms with E-state index in [1.165, 1.54) is 57.8 Å². The van der Waals surface area contributed by atoms with Gasteiger partial charge in [0, 0.05) is 19.7 Å². The van der Waals surface area contributed by atoms with Gasteiger partial charge in [-0.15, -0.1) is 6.58 Å². The normalized spacial score (nSPS) is 10.7. The van der Waals surface area contributed by atoms with Gasteiger partial charge in [0.25, 0.3) is 0 Å². The van der Waals surface area contributed by atoms with Gasteiger partial charge in [0.05, 0.1) is 6.61 Å². The van der Waals surface area contributed by atoms with Gasteiger partial charge < -0.3 is 10.1 Å². The number of hydrogen-bond acceptors (Lipinski definition) is 2. The highest BCUT2D eigenvalue weighted by Crippen LogP contribution is 2.09. The molecule has 0 aromatic carbocycles. The van der Waals surface area contributed by atoms with Gasteiger partial charge in [-0.1, -0.05) is 64.4 Å². The molecule has 0 unspecified atom stereocenters. The predicted octanol–water partition coefficient (Wildman–Crippen LogP) is 4.31. The molecule has 2 heteroatoms. The standard InChI is InChI=1S/C16H33NO/c1-3-5-6-7-8-9-10-11-12-15-18-16-14-17-13-4-2/h4,17H,2-3,5-16H2,1H3. The minimum atomic E-state index is 0.824. The molecule has 1 N–H and O–H groups in total. The Morgan fingerprint density at radius 2 is 1.50 bits per heavy atom. The Morgan fingerprint density at radius 3 is 2.11 bits per heavy atom. The Balaban J connectivity index is 2.88. The van der Waals surface area contributed by atoms with Crippen LogP contribution in [0.2, 0.25) is 0 Å². The van der Waals surface area contributed by atoms with Crippen molar-refractivity contribution in [2.45, 2.75) is 64.7 Å². The summed E-state index contributed by atoms with van der Waals surface area (Å²) in [6, 6.07) is 0. The Kier molecular flexibility index (Phi) is 16.3. The lowest BCUT2D eigenvalue weighted by Gasteiger charge is -2.05. The molecular weight excluding hydrogens is 222 g/mol. The second-order valence-electron chi connectivity index (χ2n) is 4.93. The molecule has 18 heavy (non-hydrogen) atoms. The molecule has 0 aliphatic rings. The fraction of sp³-hybridized carbons (Fsp3) is 0.875. The Labute approximate surface area is 114 Å². The number of hydrogen-bond donors (Lipinski definition) is 1. The van der Waals surface area contributed by atoms with Crippen LogP contribution in [0.15, 0.2) is 12.7 Å². The fourth-order valence-corrected chi connectivity index (χ4v) is 1.97. The van der Waals surface area contributed by atoms with Crippen LogP contribution in [0.4, 0.5) is 0 Å². The molecule has 0 aromatic heterocycles. The van der Waals surface area contributed by atoms with Crippen molar-refractivity contribution in [3.63, 3.8) is 0 Å². The SMILES string of the molecule is C=CCNCCOCCCCCCCCCCC. The van der Waals surface area contributed by atoms with Gasteiger partial charge in [0.1, 0.15) is 0 Å². The average Bonchev–Trinajstić information content (AvgIpc) is 2.39. The molecule has 0 heterocycles. The van der Waals surface area contributed by atoms with Crippen molar-refractivity contribution < 1.29 is 4.74 Å². The summed E-state index contributed by atoms with van der Waals surface area (Å²) in [5.41, 5.74) is 0. The van der Waals surface area contributed by atoms with Crippen LogP contribution in [0.5, 0.6) is 0 Å². The van der Waals surface area contributed by atoms with Crippen molar-refractivity contribution in [2.24, 2.45) is 0 Å². The Morgan fingerprint density at radius 1 is 0.889 bits per heavy atom. The van der Waals surface area contributed by atoms with Gasteiger partial charge in [0.15, 0.2) is 0 Å². The molecule has 0 spiro atoms. The maximum atomic E-state index is 5.54. The number of ether oxygens (including phenoxy) is 1. The van der Waals surface area contributed by atoms with E-state index in [9.17, 15) is 0 Å². The zero-order valence-corrected chi connectivity index (χ0v) is 12.4. The average molecular weight is 255 g/mol. The molecule has 0 saturated heterocycles. The molecule has 0 bridgehead atoms. The van der Waals surface area contributed by atoms with Crippen LogP contribution in [-0.2, 0) is 4.74 Å². The summed E-state index contributed by atoms with van der Waals surface area (Å²) < 4.78 is 5.54. The molecule has 2 nitrogen and oxygen atoms in total. The highest BCUT2D eigenvalue weighted by molar-refractivity contribution is 4.68. The Bertz CT molecular complexity index is 159. The second-order valence-corrected chi connectivity index (χ2v) is 4.93. The van der Waals surface area contributed by atoms with Crippen LogP contribution in [0.3, 0.4) is 0 Å². The molecule has 0 aliphatic carbocycles. The van der Waals surface area contributed by atoms with Gasteiger partial charge >= 0.3 is 0 Å². The third-order valence-corrected chi connectivity index (χ3v) is 3.10. The predicted molar refractivity (Wildman–Crippen MR) is 81.1 cm³/mol. The first kappa shape index (κ1) is 17.7. The monoisotopic (exact) mass is 255 g/mol. The van der Waals surface area contributed by atoms with Crippen LogP contribution in [-0.4, -0.2) is 26.3 Å². The number of rotatable bonds is 15. The van der Waals surface area contributed by atoms with E-state index in [2.05, 4.69) is 18.8 Å². The van der Waals surface area contributed by atoms with Crippen molar-refractivity contribution in [1.82, 2.24) is 5.32 Å². The van der Waals surface area contributed by atoms with Gasteiger partial charge in [0.2, 0.25) is 0 Å². The first-order valence-corrected chi connectivity index (χ1v) is 7.81. The van der Waals surface area contributed by atoms with E-state index < -0.39 is 0 Å². The second kappa shape index (κ2) is 16.7. The maximum Gasteiger partial charge on any atom is 0.0591 e. The molecule has 0 rings (SSSR count). The number of nitrogens with one attached hydrogen (secondary N) is 1. The first-order valence-electron chi connectivity index (χ1n) is 7.81. The molecule has 0 saturated carbocycles. The molecule has 0 aromatic rings. The lowest BCUT2D eigenvalue weighted by molar-refractivity contribution is 0.132. The zero-order valence-electron chi connectivity index (χ0n) is 12.4. The summed E-state index contributed by atoms with van der Waals surface area (Å²) in [6.07, 6.45) is 14.2. The van der Waals surface area contributed by atoms with Gasteiger partial charge in [-0.25, -0.2) is 0 Å². The summed E-state index contributed by atoms with van der Waals surface area (Å²) in [5.74, 6) is 0. The van der Waals surface area contributed by atoms with Crippen LogP contribution in [0.1, 0.15) is 64.7 Å². The lowest BCUT2D eigenvalue weighted by atomic mass is 10.1. The van der Waals surface area contributed by atoms with Crippen LogP contribution in [0, 0.1) is 0 Å². The molecular formula is C16H33NO. The smallest absolute Gasteiger partial charge is 0.0591 e. The van der Waals surface area contributed by atoms with E-state index in [4.69, 9.17) is 4.74 Å². The quantitative estimate of drug-likeness (QED) is 0.348. The highest BCUT2D eigenvalue weighted by atomic mass is 16.5. The van der Waals surface area contributed by atoms with Gasteiger partial charge in [-0.05, 0) is 6.42 Å². The Hall–Kier alpha value is -0.340. The first-order chi connectivity index (χ1) is 8.91. The van der Waals surface area contributed by atoms with Crippen molar-refractivity contribution in [2.75, 3.05) is 26.3 Å². The van der Waals surface area contributed by atoms with E-state index >= 15 is 0 Å². The van der Waals surface area contributed by atoms with Crippen molar-refractivity contribution in [1.29, 1.82) is 0 Å². The lowest BCUT2D eigenvalue weighted by Crippen LogP contribution is -2.19.